The van der Waals surface area contributed by atoms with Gasteiger partial charge >= 0.3 is 0 Å². The van der Waals surface area contributed by atoms with Gasteiger partial charge in [0.1, 0.15) is 23.9 Å². The van der Waals surface area contributed by atoms with Gasteiger partial charge in [-0.3, -0.25) is 9.59 Å². The Morgan fingerprint density at radius 2 is 1.81 bits per heavy atom. The highest BCUT2D eigenvalue weighted by Crippen LogP contribution is 2.28. The van der Waals surface area contributed by atoms with Gasteiger partial charge in [0, 0.05) is 18.9 Å². The fraction of sp³-hybridized carbons (Fsp3) is 0.391. The third-order valence-electron chi connectivity index (χ3n) is 4.53. The van der Waals surface area contributed by atoms with Crippen molar-refractivity contribution in [2.24, 2.45) is 0 Å². The van der Waals surface area contributed by atoms with Gasteiger partial charge in [-0.05, 0) is 23.6 Å². The summed E-state index contributed by atoms with van der Waals surface area (Å²) < 4.78 is 5.73. The Morgan fingerprint density at radius 3 is 2.52 bits per heavy atom. The molecule has 0 aliphatic carbocycles. The summed E-state index contributed by atoms with van der Waals surface area (Å²) in [4.78, 5) is 23.6. The Hall–Kier alpha value is -2.62. The number of phenols is 1. The van der Waals surface area contributed by atoms with E-state index in [-0.39, 0.29) is 23.5 Å². The van der Waals surface area contributed by atoms with Gasteiger partial charge < -0.3 is 9.84 Å². The number of hydrogen-bond donors (Lipinski definition) is 1. The highest BCUT2D eigenvalue weighted by atomic mass is 16.5. The van der Waals surface area contributed by atoms with Gasteiger partial charge in [0.15, 0.2) is 6.29 Å². The standard InChI is InChI=1S/C23H28O4/c1-2-3-4-5-9-12-20(25)13-19-14-21(15-23(26)22(19)16-24)27-17-18-10-7-6-8-11-18/h6-8,10-11,14-16,26H,2-5,9,12-13,17H2,1H3. The van der Waals surface area contributed by atoms with Crippen LogP contribution in [0.25, 0.3) is 0 Å². The molecule has 0 saturated heterocycles. The largest absolute Gasteiger partial charge is 0.507 e. The number of carbonyl (C=O) groups excluding carboxylic acids is 2. The van der Waals surface area contributed by atoms with Crippen LogP contribution >= 0.6 is 0 Å². The van der Waals surface area contributed by atoms with Crippen LogP contribution in [0.5, 0.6) is 11.5 Å². The first-order valence-electron chi connectivity index (χ1n) is 9.63. The Labute approximate surface area is 161 Å². The number of carbonyl (C=O) groups is 2. The summed E-state index contributed by atoms with van der Waals surface area (Å²) in [6, 6.07) is 12.8. The van der Waals surface area contributed by atoms with E-state index in [1.807, 2.05) is 30.3 Å². The maximum absolute atomic E-state index is 12.3. The second kappa shape index (κ2) is 11.2. The third kappa shape index (κ3) is 6.89. The summed E-state index contributed by atoms with van der Waals surface area (Å²) in [6.07, 6.45) is 6.66. The molecule has 4 nitrogen and oxygen atoms in total. The minimum Gasteiger partial charge on any atom is -0.507 e. The van der Waals surface area contributed by atoms with Crippen LogP contribution in [0.15, 0.2) is 42.5 Å². The van der Waals surface area contributed by atoms with Crippen molar-refractivity contribution >= 4 is 12.1 Å². The van der Waals surface area contributed by atoms with Crippen molar-refractivity contribution in [2.75, 3.05) is 0 Å². The minimum atomic E-state index is -0.152. The number of phenolic OH excluding ortho intramolecular Hbond substituents is 1. The average Bonchev–Trinajstić information content (AvgIpc) is 2.67. The van der Waals surface area contributed by atoms with Gasteiger partial charge in [0.25, 0.3) is 0 Å². The van der Waals surface area contributed by atoms with Crippen LogP contribution in [-0.2, 0) is 17.8 Å². The lowest BCUT2D eigenvalue weighted by Gasteiger charge is -2.12. The summed E-state index contributed by atoms with van der Waals surface area (Å²) in [5, 5.41) is 10.1. The molecule has 0 spiro atoms. The predicted octanol–water partition coefficient (Wildman–Crippen LogP) is 5.26. The molecular weight excluding hydrogens is 340 g/mol. The molecule has 4 heteroatoms. The average molecular weight is 368 g/mol. The summed E-state index contributed by atoms with van der Waals surface area (Å²) in [5.74, 6) is 0.378. The van der Waals surface area contributed by atoms with E-state index < -0.39 is 0 Å². The number of hydrogen-bond acceptors (Lipinski definition) is 4. The van der Waals surface area contributed by atoms with Crippen LogP contribution in [-0.4, -0.2) is 17.2 Å². The van der Waals surface area contributed by atoms with E-state index in [0.717, 1.165) is 24.8 Å². The van der Waals surface area contributed by atoms with Crippen molar-refractivity contribution in [1.29, 1.82) is 0 Å². The maximum atomic E-state index is 12.3. The first-order valence-corrected chi connectivity index (χ1v) is 9.63. The quantitative estimate of drug-likeness (QED) is 0.410. The van der Waals surface area contributed by atoms with Gasteiger partial charge in [-0.15, -0.1) is 0 Å². The molecule has 0 radical (unpaired) electrons. The summed E-state index contributed by atoms with van der Waals surface area (Å²) in [6.45, 7) is 2.51. The zero-order valence-electron chi connectivity index (χ0n) is 15.9. The van der Waals surface area contributed by atoms with Crippen molar-refractivity contribution < 1.29 is 19.4 Å². The summed E-state index contributed by atoms with van der Waals surface area (Å²) >= 11 is 0. The fourth-order valence-electron chi connectivity index (χ4n) is 3.00. The molecule has 0 atom stereocenters. The Bertz CT molecular complexity index is 738. The first kappa shape index (κ1) is 20.7. The van der Waals surface area contributed by atoms with Gasteiger partial charge in [-0.25, -0.2) is 0 Å². The van der Waals surface area contributed by atoms with E-state index in [2.05, 4.69) is 6.92 Å². The van der Waals surface area contributed by atoms with Crippen LogP contribution in [0.3, 0.4) is 0 Å². The molecule has 2 rings (SSSR count). The van der Waals surface area contributed by atoms with Crippen LogP contribution in [0.2, 0.25) is 0 Å². The molecule has 0 bridgehead atoms. The smallest absolute Gasteiger partial charge is 0.154 e. The molecule has 0 saturated carbocycles. The van der Waals surface area contributed by atoms with Crippen molar-refractivity contribution in [1.82, 2.24) is 0 Å². The normalized spacial score (nSPS) is 10.6. The van der Waals surface area contributed by atoms with Crippen molar-refractivity contribution in [3.8, 4) is 11.5 Å². The van der Waals surface area contributed by atoms with E-state index in [1.165, 1.54) is 18.9 Å². The number of ketones is 1. The number of Topliss-reactive ketones (excluding diaryl/α,β-unsaturated/α-hetero) is 1. The van der Waals surface area contributed by atoms with Crippen molar-refractivity contribution in [3.05, 3.63) is 59.2 Å². The highest BCUT2D eigenvalue weighted by Gasteiger charge is 2.14. The molecule has 144 valence electrons. The number of rotatable bonds is 12. The molecule has 0 fully saturated rings. The summed E-state index contributed by atoms with van der Waals surface area (Å²) in [7, 11) is 0. The summed E-state index contributed by atoms with van der Waals surface area (Å²) in [5.41, 5.74) is 1.69. The molecule has 1 N–H and O–H groups in total. The van der Waals surface area contributed by atoms with Crippen molar-refractivity contribution in [3.63, 3.8) is 0 Å². The molecule has 0 amide bonds. The van der Waals surface area contributed by atoms with Gasteiger partial charge in [-0.2, -0.15) is 0 Å². The fourth-order valence-corrected chi connectivity index (χ4v) is 3.00. The first-order chi connectivity index (χ1) is 13.1. The van der Waals surface area contributed by atoms with Crippen molar-refractivity contribution in [2.45, 2.75) is 58.5 Å². The lowest BCUT2D eigenvalue weighted by atomic mass is 9.99. The maximum Gasteiger partial charge on any atom is 0.154 e. The molecule has 0 aromatic heterocycles. The Balaban J connectivity index is 2.00. The molecule has 0 heterocycles. The number of ether oxygens (including phenoxy) is 1. The van der Waals surface area contributed by atoms with E-state index in [0.29, 0.717) is 30.6 Å². The van der Waals surface area contributed by atoms with Crippen LogP contribution < -0.4 is 4.74 Å². The molecule has 27 heavy (non-hydrogen) atoms. The van der Waals surface area contributed by atoms with Crippen LogP contribution in [0, 0.1) is 0 Å². The van der Waals surface area contributed by atoms with E-state index >= 15 is 0 Å². The Kier molecular flexibility index (Phi) is 8.56. The molecular formula is C23H28O4. The highest BCUT2D eigenvalue weighted by molar-refractivity contribution is 5.87. The zero-order valence-corrected chi connectivity index (χ0v) is 15.9. The SMILES string of the molecule is CCCCCCCC(=O)Cc1cc(OCc2ccccc2)cc(O)c1C=O. The second-order valence-electron chi connectivity index (χ2n) is 6.79. The molecule has 0 aliphatic heterocycles. The van der Waals surface area contributed by atoms with E-state index in [1.54, 1.807) is 6.07 Å². The molecule has 2 aromatic carbocycles. The van der Waals surface area contributed by atoms with Gasteiger partial charge in [0.05, 0.1) is 5.56 Å². The van der Waals surface area contributed by atoms with Gasteiger partial charge in [0.2, 0.25) is 0 Å². The number of aldehydes is 1. The minimum absolute atomic E-state index is 0.0780. The lowest BCUT2D eigenvalue weighted by molar-refractivity contribution is -0.118. The van der Waals surface area contributed by atoms with Crippen LogP contribution in [0.1, 0.15) is 66.9 Å². The predicted molar refractivity (Wildman–Crippen MR) is 106 cm³/mol. The molecule has 0 aliphatic rings. The van der Waals surface area contributed by atoms with E-state index in [4.69, 9.17) is 4.74 Å². The zero-order chi connectivity index (χ0) is 19.5. The van der Waals surface area contributed by atoms with E-state index in [9.17, 15) is 14.7 Å². The topological polar surface area (TPSA) is 63.6 Å². The second-order valence-corrected chi connectivity index (χ2v) is 6.79. The molecule has 0 unspecified atom stereocenters. The third-order valence-corrected chi connectivity index (χ3v) is 4.53. The lowest BCUT2D eigenvalue weighted by Crippen LogP contribution is -2.06. The monoisotopic (exact) mass is 368 g/mol. The van der Waals surface area contributed by atoms with Crippen LogP contribution in [0.4, 0.5) is 0 Å². The van der Waals surface area contributed by atoms with Gasteiger partial charge in [-0.1, -0.05) is 62.9 Å². The number of unbranched alkanes of at least 4 members (excludes halogenated alkanes) is 4. The molecule has 2 aromatic rings. The number of aromatic hydroxyl groups is 1. The number of benzene rings is 2. The Morgan fingerprint density at radius 1 is 1.07 bits per heavy atom.